The Morgan fingerprint density at radius 3 is 1.50 bits per heavy atom. The smallest absolute Gasteiger partial charge is 0.550 e. The molecular formula is C6H6CuO7. The van der Waals surface area contributed by atoms with Crippen LogP contribution in [-0.2, 0) is 31.5 Å². The van der Waals surface area contributed by atoms with Crippen LogP contribution in [0.1, 0.15) is 12.8 Å². The first-order chi connectivity index (χ1) is 5.78. The van der Waals surface area contributed by atoms with Gasteiger partial charge in [0, 0.05) is 24.8 Å². The van der Waals surface area contributed by atoms with Gasteiger partial charge in [-0.25, -0.2) is 4.79 Å². The molecule has 0 atom stereocenters. The Morgan fingerprint density at radius 2 is 1.36 bits per heavy atom. The summed E-state index contributed by atoms with van der Waals surface area (Å²) in [5.41, 5.74) is -2.86. The quantitative estimate of drug-likeness (QED) is 0.477. The van der Waals surface area contributed by atoms with Crippen LogP contribution in [0.15, 0.2) is 0 Å². The first-order valence-corrected chi connectivity index (χ1v) is 3.13. The van der Waals surface area contributed by atoms with Gasteiger partial charge >= 0.3 is 23.0 Å². The molecule has 14 heavy (non-hydrogen) atoms. The molecule has 7 nitrogen and oxygen atoms in total. The Balaban J connectivity index is 0. The van der Waals surface area contributed by atoms with Crippen molar-refractivity contribution in [2.75, 3.05) is 0 Å². The van der Waals surface area contributed by atoms with Gasteiger partial charge in [-0.05, 0) is 0 Å². The van der Waals surface area contributed by atoms with E-state index in [2.05, 4.69) is 0 Å². The molecule has 0 rings (SSSR count). The van der Waals surface area contributed by atoms with Gasteiger partial charge in [-0.1, -0.05) is 0 Å². The van der Waals surface area contributed by atoms with E-state index in [0.717, 1.165) is 0 Å². The molecule has 0 fully saturated rings. The molecule has 0 bridgehead atoms. The number of hydrogen-bond donors (Lipinski definition) is 2. The second-order valence-electron chi connectivity index (χ2n) is 2.43. The van der Waals surface area contributed by atoms with E-state index in [1.807, 2.05) is 0 Å². The van der Waals surface area contributed by atoms with E-state index in [4.69, 9.17) is 10.2 Å². The van der Waals surface area contributed by atoms with Crippen LogP contribution < -0.4 is 10.2 Å². The summed E-state index contributed by atoms with van der Waals surface area (Å²) < 4.78 is 0. The third-order valence-corrected chi connectivity index (χ3v) is 1.27. The van der Waals surface area contributed by atoms with Gasteiger partial charge in [-0.2, -0.15) is 0 Å². The Morgan fingerprint density at radius 1 is 1.07 bits per heavy atom. The van der Waals surface area contributed by atoms with Gasteiger partial charge in [0.25, 0.3) is 0 Å². The average Bonchev–Trinajstić information content (AvgIpc) is 1.82. The fourth-order valence-electron chi connectivity index (χ4n) is 0.691. The predicted molar refractivity (Wildman–Crippen MR) is 31.8 cm³/mol. The van der Waals surface area contributed by atoms with Gasteiger partial charge in [-0.3, -0.25) is 0 Å². The maximum Gasteiger partial charge on any atom is 2.00 e. The van der Waals surface area contributed by atoms with E-state index in [-0.39, 0.29) is 17.1 Å². The third kappa shape index (κ3) is 4.80. The number of hydrogen-bond acceptors (Lipinski definition) is 6. The van der Waals surface area contributed by atoms with Crippen LogP contribution in [0.2, 0.25) is 0 Å². The molecule has 0 aliphatic carbocycles. The number of carboxylic acid groups (broad SMARTS) is 3. The minimum absolute atomic E-state index is 0. The van der Waals surface area contributed by atoms with Crippen LogP contribution >= 0.6 is 0 Å². The summed E-state index contributed by atoms with van der Waals surface area (Å²) in [6.07, 6.45) is -2.59. The minimum Gasteiger partial charge on any atom is -0.550 e. The van der Waals surface area contributed by atoms with Crippen molar-refractivity contribution in [1.29, 1.82) is 0 Å². The Labute approximate surface area is 88.8 Å². The molecule has 0 aromatic heterocycles. The summed E-state index contributed by atoms with van der Waals surface area (Å²) in [7, 11) is 0. The first-order valence-electron chi connectivity index (χ1n) is 3.13. The summed E-state index contributed by atoms with van der Waals surface area (Å²) in [4.78, 5) is 30.2. The number of carbonyl (C=O) groups is 3. The standard InChI is InChI=1S/C6H8O7.Cu/c7-3(8)1-6(13,5(11)12)2-4(9)10;/h13H,1-2H2,(H,7,8)(H,9,10)(H,11,12);/q;+2/p-2. The summed E-state index contributed by atoms with van der Waals surface area (Å²) in [5.74, 6) is -5.65. The molecular weight excluding hydrogens is 248 g/mol. The molecule has 2 N–H and O–H groups in total. The van der Waals surface area contributed by atoms with Crippen molar-refractivity contribution in [2.24, 2.45) is 0 Å². The van der Waals surface area contributed by atoms with Crippen LogP contribution in [0.5, 0.6) is 0 Å². The molecule has 1 radical (unpaired) electrons. The second kappa shape index (κ2) is 5.58. The Kier molecular flexibility index (Phi) is 6.13. The van der Waals surface area contributed by atoms with Crippen LogP contribution in [0.4, 0.5) is 0 Å². The second-order valence-corrected chi connectivity index (χ2v) is 2.43. The number of carboxylic acids is 3. The Bertz CT molecular complexity index is 233. The molecule has 0 amide bonds. The summed E-state index contributed by atoms with van der Waals surface area (Å²) in [6.45, 7) is 0. The summed E-state index contributed by atoms with van der Waals surface area (Å²) in [5, 5.41) is 37.2. The van der Waals surface area contributed by atoms with Gasteiger partial charge in [0.15, 0.2) is 5.60 Å². The minimum atomic E-state index is -2.86. The zero-order valence-corrected chi connectivity index (χ0v) is 7.59. The maximum atomic E-state index is 10.3. The van der Waals surface area contributed by atoms with Crippen molar-refractivity contribution < 1.29 is 51.9 Å². The van der Waals surface area contributed by atoms with Gasteiger partial charge in [0.05, 0.1) is 0 Å². The SMILES string of the molecule is O=C([O-])CC(O)(CC(=O)[O-])C(=O)O.[Cu+2]. The predicted octanol–water partition coefficient (Wildman–Crippen LogP) is -3.92. The molecule has 0 aliphatic heterocycles. The largest absolute Gasteiger partial charge is 2.00 e. The van der Waals surface area contributed by atoms with Crippen LogP contribution in [0, 0.1) is 0 Å². The number of rotatable bonds is 5. The average molecular weight is 254 g/mol. The van der Waals surface area contributed by atoms with Crippen LogP contribution in [-0.4, -0.2) is 33.7 Å². The first kappa shape index (κ1) is 15.4. The molecule has 0 aromatic rings. The summed E-state index contributed by atoms with van der Waals surface area (Å²) >= 11 is 0. The Hall–Kier alpha value is -1.11. The molecule has 0 saturated heterocycles. The topological polar surface area (TPSA) is 138 Å². The molecule has 83 valence electrons. The van der Waals surface area contributed by atoms with Crippen molar-refractivity contribution in [3.8, 4) is 0 Å². The molecule has 0 unspecified atom stereocenters. The van der Waals surface area contributed by atoms with E-state index >= 15 is 0 Å². The van der Waals surface area contributed by atoms with E-state index in [0.29, 0.717) is 0 Å². The van der Waals surface area contributed by atoms with Crippen molar-refractivity contribution in [3.05, 3.63) is 0 Å². The fraction of sp³-hybridized carbons (Fsp3) is 0.500. The van der Waals surface area contributed by atoms with Gasteiger partial charge in [-0.15, -0.1) is 0 Å². The zero-order chi connectivity index (χ0) is 10.6. The normalized spacial score (nSPS) is 10.1. The monoisotopic (exact) mass is 253 g/mol. The van der Waals surface area contributed by atoms with Crippen molar-refractivity contribution in [1.82, 2.24) is 0 Å². The van der Waals surface area contributed by atoms with Gasteiger partial charge in [0.1, 0.15) is 0 Å². The van der Waals surface area contributed by atoms with E-state index in [1.54, 1.807) is 0 Å². The zero-order valence-electron chi connectivity index (χ0n) is 6.65. The van der Waals surface area contributed by atoms with Gasteiger partial charge in [0.2, 0.25) is 0 Å². The van der Waals surface area contributed by atoms with Crippen LogP contribution in [0.3, 0.4) is 0 Å². The summed E-state index contributed by atoms with van der Waals surface area (Å²) in [6, 6.07) is 0. The third-order valence-electron chi connectivity index (χ3n) is 1.27. The van der Waals surface area contributed by atoms with E-state index in [9.17, 15) is 24.6 Å². The van der Waals surface area contributed by atoms with Crippen molar-refractivity contribution in [3.63, 3.8) is 0 Å². The van der Waals surface area contributed by atoms with Gasteiger partial charge < -0.3 is 30.0 Å². The molecule has 0 heterocycles. The molecule has 0 aliphatic rings. The van der Waals surface area contributed by atoms with E-state index in [1.165, 1.54) is 0 Å². The van der Waals surface area contributed by atoms with Crippen molar-refractivity contribution >= 4 is 17.9 Å². The van der Waals surface area contributed by atoms with Crippen LogP contribution in [0.25, 0.3) is 0 Å². The number of aliphatic carboxylic acids is 3. The maximum absolute atomic E-state index is 10.3. The molecule has 0 saturated carbocycles. The molecule has 0 spiro atoms. The van der Waals surface area contributed by atoms with E-state index < -0.39 is 36.4 Å². The number of aliphatic hydroxyl groups is 1. The fourth-order valence-corrected chi connectivity index (χ4v) is 0.691. The molecule has 8 heteroatoms. The van der Waals surface area contributed by atoms with Crippen molar-refractivity contribution in [2.45, 2.75) is 18.4 Å². The number of carbonyl (C=O) groups excluding carboxylic acids is 2. The molecule has 0 aromatic carbocycles.